The van der Waals surface area contributed by atoms with Crippen LogP contribution in [0.4, 0.5) is 13.2 Å². The Bertz CT molecular complexity index is 454. The third-order valence-corrected chi connectivity index (χ3v) is 4.71. The summed E-state index contributed by atoms with van der Waals surface area (Å²) >= 11 is 0. The van der Waals surface area contributed by atoms with Gasteiger partial charge in [-0.1, -0.05) is 51.9 Å². The van der Waals surface area contributed by atoms with Crippen LogP contribution in [0.3, 0.4) is 0 Å². The lowest BCUT2D eigenvalue weighted by molar-refractivity contribution is 0.249. The van der Waals surface area contributed by atoms with Crippen LogP contribution in [0, 0.1) is 29.5 Å². The lowest BCUT2D eigenvalue weighted by atomic mass is 9.78. The molecule has 2 rings (SSSR count). The minimum atomic E-state index is -1.35. The summed E-state index contributed by atoms with van der Waals surface area (Å²) in [6.07, 6.45) is 10.0. The van der Waals surface area contributed by atoms with E-state index in [0.29, 0.717) is 12.3 Å². The lowest BCUT2D eigenvalue weighted by Crippen LogP contribution is -2.15. The van der Waals surface area contributed by atoms with Crippen LogP contribution in [0.15, 0.2) is 6.07 Å². The highest BCUT2D eigenvalue weighted by Crippen LogP contribution is 2.34. The fraction of sp³-hybridized carbons (Fsp3) is 0.706. The molecule has 1 heterocycles. The van der Waals surface area contributed by atoms with Crippen molar-refractivity contribution >= 4 is 0 Å². The molecule has 0 N–H and O–H groups in total. The molecule has 0 saturated heterocycles. The minimum absolute atomic E-state index is 0.196. The summed E-state index contributed by atoms with van der Waals surface area (Å²) in [5, 5.41) is 0. The Labute approximate surface area is 125 Å². The summed E-state index contributed by atoms with van der Waals surface area (Å²) in [4.78, 5) is 2.97. The van der Waals surface area contributed by atoms with Gasteiger partial charge in [-0.25, -0.2) is 4.39 Å². The van der Waals surface area contributed by atoms with Gasteiger partial charge in [0, 0.05) is 5.56 Å². The highest BCUT2D eigenvalue weighted by atomic mass is 19.2. The van der Waals surface area contributed by atoms with Crippen LogP contribution < -0.4 is 0 Å². The monoisotopic (exact) mass is 299 g/mol. The number of hydrogen-bond donors (Lipinski definition) is 0. The Kier molecular flexibility index (Phi) is 6.07. The number of hydrogen-bond acceptors (Lipinski definition) is 1. The van der Waals surface area contributed by atoms with E-state index in [1.807, 2.05) is 0 Å². The van der Waals surface area contributed by atoms with E-state index in [4.69, 9.17) is 0 Å². The third kappa shape index (κ3) is 4.72. The van der Waals surface area contributed by atoms with Crippen LogP contribution in [0.25, 0.3) is 0 Å². The predicted octanol–water partition coefficient (Wildman–Crippen LogP) is 5.43. The Morgan fingerprint density at radius 3 is 2.24 bits per heavy atom. The van der Waals surface area contributed by atoms with E-state index >= 15 is 0 Å². The largest absolute Gasteiger partial charge is 0.251 e. The Hall–Kier alpha value is -1.06. The number of rotatable bonds is 6. The molecule has 0 bridgehead atoms. The van der Waals surface area contributed by atoms with Gasteiger partial charge in [0.25, 0.3) is 5.95 Å². The van der Waals surface area contributed by atoms with Crippen molar-refractivity contribution in [1.29, 1.82) is 0 Å². The van der Waals surface area contributed by atoms with E-state index < -0.39 is 17.7 Å². The van der Waals surface area contributed by atoms with Crippen LogP contribution in [-0.4, -0.2) is 4.98 Å². The van der Waals surface area contributed by atoms with Gasteiger partial charge in [-0.15, -0.1) is 0 Å². The quantitative estimate of drug-likeness (QED) is 0.638. The summed E-state index contributed by atoms with van der Waals surface area (Å²) in [6, 6.07) is 0.949. The molecule has 1 aromatic heterocycles. The van der Waals surface area contributed by atoms with Gasteiger partial charge >= 0.3 is 0 Å². The van der Waals surface area contributed by atoms with Crippen LogP contribution in [0.5, 0.6) is 0 Å². The van der Waals surface area contributed by atoms with Crippen molar-refractivity contribution < 1.29 is 13.2 Å². The van der Waals surface area contributed by atoms with Crippen molar-refractivity contribution in [2.75, 3.05) is 0 Å². The first-order valence-electron chi connectivity index (χ1n) is 8.10. The number of pyridine rings is 1. The topological polar surface area (TPSA) is 12.9 Å². The zero-order valence-electron chi connectivity index (χ0n) is 12.7. The summed E-state index contributed by atoms with van der Waals surface area (Å²) in [7, 11) is 0. The molecule has 0 atom stereocenters. The smallest absolute Gasteiger partial charge is 0.202 e. The van der Waals surface area contributed by atoms with Gasteiger partial charge in [0.2, 0.25) is 5.95 Å². The number of unbranched alkanes of at least 4 members (excludes halogenated alkanes) is 1. The Morgan fingerprint density at radius 1 is 1.00 bits per heavy atom. The molecule has 1 aromatic rings. The summed E-state index contributed by atoms with van der Waals surface area (Å²) < 4.78 is 39.3. The standard InChI is InChI=1S/C17H24F3N/c1-2-3-4-12-5-7-13(8-6-12)9-10-14-11-15(18)17(20)21-16(14)19/h11-13H,2-10H2,1H3. The minimum Gasteiger partial charge on any atom is -0.202 e. The first-order valence-corrected chi connectivity index (χ1v) is 8.10. The summed E-state index contributed by atoms with van der Waals surface area (Å²) in [5.74, 6) is -1.86. The average molecular weight is 299 g/mol. The molecular weight excluding hydrogens is 275 g/mol. The Morgan fingerprint density at radius 2 is 1.62 bits per heavy atom. The molecule has 1 nitrogen and oxygen atoms in total. The molecule has 1 fully saturated rings. The summed E-state index contributed by atoms with van der Waals surface area (Å²) in [5.41, 5.74) is 0.196. The van der Waals surface area contributed by atoms with Crippen molar-refractivity contribution in [3.05, 3.63) is 29.3 Å². The van der Waals surface area contributed by atoms with E-state index in [1.54, 1.807) is 0 Å². The second-order valence-electron chi connectivity index (χ2n) is 6.28. The molecule has 1 aliphatic carbocycles. The van der Waals surface area contributed by atoms with Crippen molar-refractivity contribution in [1.82, 2.24) is 4.98 Å². The maximum atomic E-state index is 13.5. The number of aromatic nitrogens is 1. The van der Waals surface area contributed by atoms with E-state index in [0.717, 1.165) is 18.4 Å². The highest BCUT2D eigenvalue weighted by Gasteiger charge is 2.21. The third-order valence-electron chi connectivity index (χ3n) is 4.71. The fourth-order valence-electron chi connectivity index (χ4n) is 3.32. The maximum Gasteiger partial charge on any atom is 0.251 e. The van der Waals surface area contributed by atoms with E-state index in [9.17, 15) is 13.2 Å². The first-order chi connectivity index (χ1) is 10.1. The maximum absolute atomic E-state index is 13.5. The Balaban J connectivity index is 1.78. The predicted molar refractivity (Wildman–Crippen MR) is 77.4 cm³/mol. The fourth-order valence-corrected chi connectivity index (χ4v) is 3.32. The molecule has 118 valence electrons. The molecule has 4 heteroatoms. The van der Waals surface area contributed by atoms with Gasteiger partial charge in [0.05, 0.1) is 0 Å². The molecule has 1 saturated carbocycles. The van der Waals surface area contributed by atoms with Crippen LogP contribution in [0.1, 0.15) is 63.9 Å². The second-order valence-corrected chi connectivity index (χ2v) is 6.28. The highest BCUT2D eigenvalue weighted by molar-refractivity contribution is 5.13. The van der Waals surface area contributed by atoms with Gasteiger partial charge in [0.1, 0.15) is 0 Å². The van der Waals surface area contributed by atoms with Crippen LogP contribution in [-0.2, 0) is 6.42 Å². The first kappa shape index (κ1) is 16.3. The molecule has 0 spiro atoms. The van der Waals surface area contributed by atoms with Gasteiger partial charge < -0.3 is 0 Å². The zero-order chi connectivity index (χ0) is 15.2. The molecule has 0 amide bonds. The van der Waals surface area contributed by atoms with Crippen molar-refractivity contribution in [3.8, 4) is 0 Å². The molecule has 0 unspecified atom stereocenters. The molecule has 0 aromatic carbocycles. The number of aryl methyl sites for hydroxylation is 1. The molecule has 0 radical (unpaired) electrons. The van der Waals surface area contributed by atoms with Gasteiger partial charge in [0.15, 0.2) is 5.82 Å². The van der Waals surface area contributed by atoms with Crippen molar-refractivity contribution in [3.63, 3.8) is 0 Å². The SMILES string of the molecule is CCCCC1CCC(CCc2cc(F)c(F)nc2F)CC1. The van der Waals surface area contributed by atoms with E-state index in [2.05, 4.69) is 11.9 Å². The van der Waals surface area contributed by atoms with Crippen LogP contribution in [0.2, 0.25) is 0 Å². The van der Waals surface area contributed by atoms with E-state index in [-0.39, 0.29) is 5.56 Å². The van der Waals surface area contributed by atoms with Gasteiger partial charge in [-0.05, 0) is 30.7 Å². The average Bonchev–Trinajstić information content (AvgIpc) is 2.48. The van der Waals surface area contributed by atoms with Crippen molar-refractivity contribution in [2.24, 2.45) is 11.8 Å². The van der Waals surface area contributed by atoms with Gasteiger partial charge in [-0.3, -0.25) is 0 Å². The van der Waals surface area contributed by atoms with Crippen molar-refractivity contribution in [2.45, 2.75) is 64.7 Å². The zero-order valence-corrected chi connectivity index (χ0v) is 12.7. The molecule has 21 heavy (non-hydrogen) atoms. The number of halogens is 3. The summed E-state index contributed by atoms with van der Waals surface area (Å²) in [6.45, 7) is 2.22. The normalized spacial score (nSPS) is 22.5. The second kappa shape index (κ2) is 7.81. The van der Waals surface area contributed by atoms with E-state index in [1.165, 1.54) is 44.9 Å². The lowest BCUT2D eigenvalue weighted by Gasteiger charge is -2.28. The molecular formula is C17H24F3N. The van der Waals surface area contributed by atoms with Gasteiger partial charge in [-0.2, -0.15) is 13.8 Å². The van der Waals surface area contributed by atoms with Crippen LogP contribution >= 0.6 is 0 Å². The number of nitrogens with zero attached hydrogens (tertiary/aromatic N) is 1. The molecule has 1 aliphatic rings. The molecule has 0 aliphatic heterocycles.